The molecule has 2 aliphatic heterocycles. The van der Waals surface area contributed by atoms with Crippen molar-refractivity contribution in [1.82, 2.24) is 14.7 Å². The van der Waals surface area contributed by atoms with Crippen LogP contribution in [-0.2, 0) is 9.53 Å². The molecule has 0 spiro atoms. The van der Waals surface area contributed by atoms with E-state index in [-0.39, 0.29) is 5.91 Å². The van der Waals surface area contributed by atoms with E-state index in [1.54, 1.807) is 7.11 Å². The van der Waals surface area contributed by atoms with E-state index in [4.69, 9.17) is 4.74 Å². The van der Waals surface area contributed by atoms with E-state index in [1.807, 2.05) is 11.9 Å². The van der Waals surface area contributed by atoms with Gasteiger partial charge in [0, 0.05) is 33.8 Å². The molecule has 0 aromatic carbocycles. The Balaban J connectivity index is 1.70. The number of carbonyl (C=O) groups is 1. The summed E-state index contributed by atoms with van der Waals surface area (Å²) in [6.45, 7) is 7.78. The van der Waals surface area contributed by atoms with Crippen molar-refractivity contribution in [2.45, 2.75) is 25.7 Å². The SMILES string of the molecule is COCCN1CCCC(CN(C)C(=O)CN2CCCC2)C1. The molecule has 2 rings (SSSR count). The van der Waals surface area contributed by atoms with E-state index in [0.29, 0.717) is 12.5 Å². The summed E-state index contributed by atoms with van der Waals surface area (Å²) in [4.78, 5) is 19.0. The topological polar surface area (TPSA) is 36.0 Å². The van der Waals surface area contributed by atoms with Crippen LogP contribution in [0, 0.1) is 5.92 Å². The van der Waals surface area contributed by atoms with Crippen LogP contribution in [-0.4, -0.2) is 87.2 Å². The van der Waals surface area contributed by atoms with Crippen molar-refractivity contribution >= 4 is 5.91 Å². The maximum Gasteiger partial charge on any atom is 0.236 e. The van der Waals surface area contributed by atoms with Gasteiger partial charge in [-0.3, -0.25) is 9.69 Å². The molecule has 2 heterocycles. The molecule has 2 fully saturated rings. The summed E-state index contributed by atoms with van der Waals surface area (Å²) in [6, 6.07) is 0. The number of rotatable bonds is 7. The van der Waals surface area contributed by atoms with Gasteiger partial charge >= 0.3 is 0 Å². The van der Waals surface area contributed by atoms with E-state index in [0.717, 1.165) is 39.3 Å². The van der Waals surface area contributed by atoms with Crippen molar-refractivity contribution in [2.75, 3.05) is 66.6 Å². The standard InChI is InChI=1S/C16H31N3O2/c1-17(16(20)14-18-7-3-4-8-18)12-15-6-5-9-19(13-15)10-11-21-2/h15H,3-14H2,1-2H3. The molecule has 0 N–H and O–H groups in total. The average molecular weight is 297 g/mol. The molecule has 0 radical (unpaired) electrons. The Morgan fingerprint density at radius 1 is 1.19 bits per heavy atom. The van der Waals surface area contributed by atoms with Gasteiger partial charge in [-0.2, -0.15) is 0 Å². The first-order chi connectivity index (χ1) is 10.2. The fraction of sp³-hybridized carbons (Fsp3) is 0.938. The third-order valence-corrected chi connectivity index (χ3v) is 4.73. The van der Waals surface area contributed by atoms with Crippen LogP contribution in [0.1, 0.15) is 25.7 Å². The number of methoxy groups -OCH3 is 1. The third kappa shape index (κ3) is 5.57. The van der Waals surface area contributed by atoms with Gasteiger partial charge in [-0.15, -0.1) is 0 Å². The molecule has 122 valence electrons. The summed E-state index contributed by atoms with van der Waals surface area (Å²) in [5, 5.41) is 0. The van der Waals surface area contributed by atoms with Gasteiger partial charge < -0.3 is 14.5 Å². The van der Waals surface area contributed by atoms with Crippen molar-refractivity contribution in [2.24, 2.45) is 5.92 Å². The van der Waals surface area contributed by atoms with Crippen LogP contribution in [0.4, 0.5) is 0 Å². The largest absolute Gasteiger partial charge is 0.383 e. The highest BCUT2D eigenvalue weighted by Crippen LogP contribution is 2.17. The minimum absolute atomic E-state index is 0.283. The number of carbonyl (C=O) groups excluding carboxylic acids is 1. The lowest BCUT2D eigenvalue weighted by Gasteiger charge is -2.34. The quantitative estimate of drug-likeness (QED) is 0.699. The molecule has 0 aromatic rings. The van der Waals surface area contributed by atoms with Crippen LogP contribution in [0.15, 0.2) is 0 Å². The minimum Gasteiger partial charge on any atom is -0.383 e. The number of likely N-dealkylation sites (N-methyl/N-ethyl adjacent to an activating group) is 1. The van der Waals surface area contributed by atoms with Crippen LogP contribution >= 0.6 is 0 Å². The molecule has 0 bridgehead atoms. The molecular formula is C16H31N3O2. The zero-order valence-electron chi connectivity index (χ0n) is 13.7. The van der Waals surface area contributed by atoms with Crippen molar-refractivity contribution in [1.29, 1.82) is 0 Å². The van der Waals surface area contributed by atoms with E-state index in [9.17, 15) is 4.79 Å². The fourth-order valence-corrected chi connectivity index (χ4v) is 3.47. The first-order valence-corrected chi connectivity index (χ1v) is 8.36. The highest BCUT2D eigenvalue weighted by Gasteiger charge is 2.23. The van der Waals surface area contributed by atoms with Crippen molar-refractivity contribution in [3.63, 3.8) is 0 Å². The Labute approximate surface area is 129 Å². The van der Waals surface area contributed by atoms with Crippen LogP contribution < -0.4 is 0 Å². The van der Waals surface area contributed by atoms with Crippen LogP contribution in [0.3, 0.4) is 0 Å². The molecule has 2 aliphatic rings. The number of hydrogen-bond donors (Lipinski definition) is 0. The average Bonchev–Trinajstić information content (AvgIpc) is 2.98. The summed E-state index contributed by atoms with van der Waals surface area (Å²) in [6.07, 6.45) is 4.97. The van der Waals surface area contributed by atoms with Gasteiger partial charge in [0.05, 0.1) is 13.2 Å². The van der Waals surface area contributed by atoms with Gasteiger partial charge in [0.15, 0.2) is 0 Å². The molecule has 21 heavy (non-hydrogen) atoms. The Kier molecular flexibility index (Phi) is 6.93. The first-order valence-electron chi connectivity index (χ1n) is 8.36. The van der Waals surface area contributed by atoms with Gasteiger partial charge in [-0.05, 0) is 51.2 Å². The van der Waals surface area contributed by atoms with E-state index < -0.39 is 0 Å². The normalized spacial score (nSPS) is 24.4. The van der Waals surface area contributed by atoms with Gasteiger partial charge in [-0.1, -0.05) is 0 Å². The summed E-state index contributed by atoms with van der Waals surface area (Å²) in [5.74, 6) is 0.897. The summed E-state index contributed by atoms with van der Waals surface area (Å²) in [5.41, 5.74) is 0. The fourth-order valence-electron chi connectivity index (χ4n) is 3.47. The molecule has 0 saturated carbocycles. The Morgan fingerprint density at radius 3 is 2.62 bits per heavy atom. The second kappa shape index (κ2) is 8.71. The van der Waals surface area contributed by atoms with Crippen LogP contribution in [0.25, 0.3) is 0 Å². The predicted molar refractivity (Wildman–Crippen MR) is 84.4 cm³/mol. The Morgan fingerprint density at radius 2 is 1.90 bits per heavy atom. The zero-order chi connectivity index (χ0) is 15.1. The monoisotopic (exact) mass is 297 g/mol. The maximum atomic E-state index is 12.3. The molecule has 1 unspecified atom stereocenters. The second-order valence-corrected chi connectivity index (χ2v) is 6.56. The van der Waals surface area contributed by atoms with E-state index >= 15 is 0 Å². The van der Waals surface area contributed by atoms with Gasteiger partial charge in [0.25, 0.3) is 0 Å². The molecule has 0 aromatic heterocycles. The number of nitrogens with zero attached hydrogens (tertiary/aromatic N) is 3. The molecule has 5 nitrogen and oxygen atoms in total. The van der Waals surface area contributed by atoms with Crippen molar-refractivity contribution in [3.05, 3.63) is 0 Å². The number of piperidine rings is 1. The van der Waals surface area contributed by atoms with E-state index in [1.165, 1.54) is 32.2 Å². The highest BCUT2D eigenvalue weighted by atomic mass is 16.5. The molecule has 0 aliphatic carbocycles. The minimum atomic E-state index is 0.283. The summed E-state index contributed by atoms with van der Waals surface area (Å²) < 4.78 is 5.16. The van der Waals surface area contributed by atoms with Crippen molar-refractivity contribution in [3.8, 4) is 0 Å². The number of hydrogen-bond acceptors (Lipinski definition) is 4. The first kappa shape index (κ1) is 16.7. The Bertz CT molecular complexity index is 319. The number of likely N-dealkylation sites (tertiary alicyclic amines) is 2. The second-order valence-electron chi connectivity index (χ2n) is 6.56. The van der Waals surface area contributed by atoms with Gasteiger partial charge in [0.1, 0.15) is 0 Å². The molecular weight excluding hydrogens is 266 g/mol. The lowest BCUT2D eigenvalue weighted by Crippen LogP contribution is -2.44. The van der Waals surface area contributed by atoms with Crippen molar-refractivity contribution < 1.29 is 9.53 Å². The highest BCUT2D eigenvalue weighted by molar-refractivity contribution is 5.78. The molecule has 5 heteroatoms. The number of ether oxygens (including phenoxy) is 1. The van der Waals surface area contributed by atoms with E-state index in [2.05, 4.69) is 9.80 Å². The maximum absolute atomic E-state index is 12.3. The zero-order valence-corrected chi connectivity index (χ0v) is 13.7. The third-order valence-electron chi connectivity index (χ3n) is 4.73. The lowest BCUT2D eigenvalue weighted by atomic mass is 9.97. The number of amides is 1. The molecule has 2 saturated heterocycles. The smallest absolute Gasteiger partial charge is 0.236 e. The predicted octanol–water partition coefficient (Wildman–Crippen LogP) is 0.899. The summed E-state index contributed by atoms with van der Waals surface area (Å²) in [7, 11) is 3.72. The Hall–Kier alpha value is -0.650. The lowest BCUT2D eigenvalue weighted by molar-refractivity contribution is -0.131. The van der Waals surface area contributed by atoms with Crippen LogP contribution in [0.5, 0.6) is 0 Å². The summed E-state index contributed by atoms with van der Waals surface area (Å²) >= 11 is 0. The molecule has 1 amide bonds. The van der Waals surface area contributed by atoms with Gasteiger partial charge in [-0.25, -0.2) is 0 Å². The van der Waals surface area contributed by atoms with Gasteiger partial charge in [0.2, 0.25) is 5.91 Å². The van der Waals surface area contributed by atoms with Crippen LogP contribution in [0.2, 0.25) is 0 Å². The molecule has 1 atom stereocenters.